The standard InChI is InChI=1S/C20H22N2O2/c1-12(2)13-5-8-15(9-6-13)21-18(23)14-7-10-16-17(11-14)22-19(24)20(16,3)4/h5-12H,1-4H3,(H,21,23)(H,22,24). The molecule has 4 nitrogen and oxygen atoms in total. The van der Waals surface area contributed by atoms with Gasteiger partial charge in [0.05, 0.1) is 5.41 Å². The number of rotatable bonds is 3. The van der Waals surface area contributed by atoms with E-state index in [2.05, 4.69) is 24.5 Å². The van der Waals surface area contributed by atoms with Crippen LogP contribution in [0.5, 0.6) is 0 Å². The van der Waals surface area contributed by atoms with Gasteiger partial charge in [0.2, 0.25) is 5.91 Å². The van der Waals surface area contributed by atoms with E-state index in [1.165, 1.54) is 5.56 Å². The van der Waals surface area contributed by atoms with Crippen LogP contribution in [-0.2, 0) is 10.2 Å². The minimum Gasteiger partial charge on any atom is -0.325 e. The van der Waals surface area contributed by atoms with Gasteiger partial charge >= 0.3 is 0 Å². The third kappa shape index (κ3) is 2.80. The number of nitrogens with one attached hydrogen (secondary N) is 2. The molecule has 0 saturated heterocycles. The summed E-state index contributed by atoms with van der Waals surface area (Å²) in [4.78, 5) is 24.5. The van der Waals surface area contributed by atoms with Gasteiger partial charge in [0.15, 0.2) is 0 Å². The van der Waals surface area contributed by atoms with E-state index in [0.29, 0.717) is 17.2 Å². The molecule has 0 spiro atoms. The van der Waals surface area contributed by atoms with Crippen LogP contribution in [0.25, 0.3) is 0 Å². The lowest BCUT2D eigenvalue weighted by molar-refractivity contribution is -0.119. The van der Waals surface area contributed by atoms with Crippen molar-refractivity contribution in [3.8, 4) is 0 Å². The van der Waals surface area contributed by atoms with Crippen LogP contribution in [0.15, 0.2) is 42.5 Å². The molecule has 0 atom stereocenters. The first-order chi connectivity index (χ1) is 11.3. The Morgan fingerprint density at radius 1 is 1.08 bits per heavy atom. The van der Waals surface area contributed by atoms with Crippen molar-refractivity contribution >= 4 is 23.2 Å². The Morgan fingerprint density at radius 2 is 1.75 bits per heavy atom. The Balaban J connectivity index is 1.79. The highest BCUT2D eigenvalue weighted by molar-refractivity contribution is 6.09. The van der Waals surface area contributed by atoms with Crippen LogP contribution in [0, 0.1) is 0 Å². The molecule has 24 heavy (non-hydrogen) atoms. The van der Waals surface area contributed by atoms with Crippen molar-refractivity contribution in [1.82, 2.24) is 0 Å². The number of amides is 2. The number of carbonyl (C=O) groups excluding carboxylic acids is 2. The Bertz CT molecular complexity index is 805. The van der Waals surface area contributed by atoms with Crippen molar-refractivity contribution < 1.29 is 9.59 Å². The second-order valence-electron chi connectivity index (χ2n) is 7.07. The van der Waals surface area contributed by atoms with E-state index < -0.39 is 5.41 Å². The quantitative estimate of drug-likeness (QED) is 0.885. The maximum atomic E-state index is 12.5. The summed E-state index contributed by atoms with van der Waals surface area (Å²) in [5.74, 6) is 0.229. The smallest absolute Gasteiger partial charge is 0.255 e. The molecule has 0 fully saturated rings. The molecule has 1 aliphatic heterocycles. The van der Waals surface area contributed by atoms with Crippen LogP contribution in [0.3, 0.4) is 0 Å². The summed E-state index contributed by atoms with van der Waals surface area (Å²) in [6.07, 6.45) is 0. The fourth-order valence-corrected chi connectivity index (χ4v) is 2.89. The number of fused-ring (bicyclic) bond motifs is 1. The molecule has 124 valence electrons. The first kappa shape index (κ1) is 16.2. The van der Waals surface area contributed by atoms with Crippen molar-refractivity contribution in [3.63, 3.8) is 0 Å². The van der Waals surface area contributed by atoms with E-state index in [-0.39, 0.29) is 11.8 Å². The zero-order valence-electron chi connectivity index (χ0n) is 14.4. The lowest BCUT2D eigenvalue weighted by atomic mass is 9.86. The zero-order chi connectivity index (χ0) is 17.5. The monoisotopic (exact) mass is 322 g/mol. The molecule has 1 aliphatic rings. The molecule has 2 amide bonds. The second kappa shape index (κ2) is 5.78. The number of anilines is 2. The molecule has 0 radical (unpaired) electrons. The highest BCUT2D eigenvalue weighted by Gasteiger charge is 2.38. The molecule has 1 heterocycles. The van der Waals surface area contributed by atoms with Crippen molar-refractivity contribution in [1.29, 1.82) is 0 Å². The minimum atomic E-state index is -0.559. The highest BCUT2D eigenvalue weighted by atomic mass is 16.2. The van der Waals surface area contributed by atoms with Crippen LogP contribution >= 0.6 is 0 Å². The lowest BCUT2D eigenvalue weighted by Gasteiger charge is -2.15. The fraction of sp³-hybridized carbons (Fsp3) is 0.300. The van der Waals surface area contributed by atoms with Gasteiger partial charge in [-0.25, -0.2) is 0 Å². The first-order valence-electron chi connectivity index (χ1n) is 8.16. The van der Waals surface area contributed by atoms with Crippen LogP contribution in [0.4, 0.5) is 11.4 Å². The van der Waals surface area contributed by atoms with Gasteiger partial charge in [0.1, 0.15) is 0 Å². The molecule has 0 unspecified atom stereocenters. The minimum absolute atomic E-state index is 0.0423. The maximum absolute atomic E-state index is 12.5. The molecular formula is C20H22N2O2. The van der Waals surface area contributed by atoms with Gasteiger partial charge in [-0.15, -0.1) is 0 Å². The van der Waals surface area contributed by atoms with Gasteiger partial charge in [0, 0.05) is 16.9 Å². The summed E-state index contributed by atoms with van der Waals surface area (Å²) in [6.45, 7) is 8.02. The molecule has 0 bridgehead atoms. The predicted octanol–water partition coefficient (Wildman–Crippen LogP) is 4.29. The number of carbonyl (C=O) groups is 2. The van der Waals surface area contributed by atoms with Crippen molar-refractivity contribution in [3.05, 3.63) is 59.2 Å². The average Bonchev–Trinajstić information content (AvgIpc) is 2.77. The molecule has 0 saturated carbocycles. The topological polar surface area (TPSA) is 58.2 Å². The van der Waals surface area contributed by atoms with Crippen LogP contribution < -0.4 is 10.6 Å². The van der Waals surface area contributed by atoms with E-state index in [0.717, 1.165) is 11.3 Å². The van der Waals surface area contributed by atoms with Crippen molar-refractivity contribution in [2.75, 3.05) is 10.6 Å². The molecule has 0 aromatic heterocycles. The van der Waals surface area contributed by atoms with Crippen molar-refractivity contribution in [2.24, 2.45) is 0 Å². The number of benzene rings is 2. The van der Waals surface area contributed by atoms with Crippen LogP contribution in [0.1, 0.15) is 55.1 Å². The second-order valence-corrected chi connectivity index (χ2v) is 7.07. The van der Waals surface area contributed by atoms with Crippen LogP contribution in [-0.4, -0.2) is 11.8 Å². The molecule has 2 aromatic rings. The Hall–Kier alpha value is -2.62. The number of hydrogen-bond acceptors (Lipinski definition) is 2. The first-order valence-corrected chi connectivity index (χ1v) is 8.16. The van der Waals surface area contributed by atoms with Gasteiger partial charge < -0.3 is 10.6 Å². The van der Waals surface area contributed by atoms with Crippen molar-refractivity contribution in [2.45, 2.75) is 39.0 Å². The Labute approximate surface area is 142 Å². The Morgan fingerprint density at radius 3 is 2.38 bits per heavy atom. The van der Waals surface area contributed by atoms with Gasteiger partial charge in [-0.1, -0.05) is 32.0 Å². The van der Waals surface area contributed by atoms with E-state index in [1.54, 1.807) is 12.1 Å². The lowest BCUT2D eigenvalue weighted by Crippen LogP contribution is -2.26. The van der Waals surface area contributed by atoms with E-state index in [4.69, 9.17) is 0 Å². The summed E-state index contributed by atoms with van der Waals surface area (Å²) < 4.78 is 0. The maximum Gasteiger partial charge on any atom is 0.255 e. The molecular weight excluding hydrogens is 300 g/mol. The zero-order valence-corrected chi connectivity index (χ0v) is 14.4. The largest absolute Gasteiger partial charge is 0.325 e. The summed E-state index contributed by atoms with van der Waals surface area (Å²) in [5, 5.41) is 5.74. The van der Waals surface area contributed by atoms with Gasteiger partial charge in [0.25, 0.3) is 5.91 Å². The van der Waals surface area contributed by atoms with E-state index in [1.807, 2.05) is 44.2 Å². The summed E-state index contributed by atoms with van der Waals surface area (Å²) in [7, 11) is 0. The highest BCUT2D eigenvalue weighted by Crippen LogP contribution is 2.37. The van der Waals surface area contributed by atoms with E-state index >= 15 is 0 Å². The predicted molar refractivity (Wildman–Crippen MR) is 96.6 cm³/mol. The van der Waals surface area contributed by atoms with Gasteiger partial charge in [-0.3, -0.25) is 9.59 Å². The van der Waals surface area contributed by atoms with E-state index in [9.17, 15) is 9.59 Å². The summed E-state index contributed by atoms with van der Waals surface area (Å²) in [5.41, 5.74) is 3.60. The average molecular weight is 322 g/mol. The van der Waals surface area contributed by atoms with Crippen LogP contribution in [0.2, 0.25) is 0 Å². The van der Waals surface area contributed by atoms with Gasteiger partial charge in [-0.05, 0) is 55.2 Å². The molecule has 4 heteroatoms. The summed E-state index contributed by atoms with van der Waals surface area (Å²) in [6, 6.07) is 13.2. The fourth-order valence-electron chi connectivity index (χ4n) is 2.89. The third-order valence-corrected chi connectivity index (χ3v) is 4.61. The molecule has 3 rings (SSSR count). The number of hydrogen-bond donors (Lipinski definition) is 2. The summed E-state index contributed by atoms with van der Waals surface area (Å²) >= 11 is 0. The molecule has 2 aromatic carbocycles. The van der Waals surface area contributed by atoms with Gasteiger partial charge in [-0.2, -0.15) is 0 Å². The molecule has 0 aliphatic carbocycles. The molecule has 2 N–H and O–H groups in total. The SMILES string of the molecule is CC(C)c1ccc(NC(=O)c2ccc3c(c2)NC(=O)C3(C)C)cc1. The normalized spacial score (nSPS) is 15.1. The third-order valence-electron chi connectivity index (χ3n) is 4.61. The Kier molecular flexibility index (Phi) is 3.91.